The van der Waals surface area contributed by atoms with E-state index in [2.05, 4.69) is 115 Å². The molecule has 1 N–H and O–H groups in total. The predicted octanol–water partition coefficient (Wildman–Crippen LogP) is 9.26. The summed E-state index contributed by atoms with van der Waals surface area (Å²) in [7, 11) is 0. The fraction of sp³-hybridized carbons (Fsp3) is 0. The molecule has 150 valence electrons. The smallest absolute Gasteiger partial charge is 0.0597 e. The predicted molar refractivity (Wildman–Crippen MR) is 142 cm³/mol. The normalized spacial score (nSPS) is 11.8. The minimum Gasteiger partial charge on any atom is -0.354 e. The third-order valence-corrected chi connectivity index (χ3v) is 7.66. The molecule has 0 bridgehead atoms. The lowest BCUT2D eigenvalue weighted by atomic mass is 10.0. The van der Waals surface area contributed by atoms with Gasteiger partial charge in [0.1, 0.15) is 0 Å². The number of fused-ring (bicyclic) bond motifs is 8. The molecule has 0 saturated heterocycles. The van der Waals surface area contributed by atoms with Gasteiger partial charge in [-0.15, -0.1) is 11.3 Å². The Balaban J connectivity index is 1.54. The molecule has 0 aliphatic heterocycles. The molecular weight excluding hydrogens is 406 g/mol. The van der Waals surface area contributed by atoms with Gasteiger partial charge >= 0.3 is 0 Å². The maximum atomic E-state index is 3.75. The van der Waals surface area contributed by atoms with Crippen molar-refractivity contribution in [3.63, 3.8) is 0 Å². The Labute approximate surface area is 189 Å². The lowest BCUT2D eigenvalue weighted by molar-refractivity contribution is 1.62. The number of hydrogen-bond donors (Lipinski definition) is 1. The number of benzene rings is 6. The number of anilines is 2. The third-order valence-electron chi connectivity index (χ3n) is 6.38. The van der Waals surface area contributed by atoms with Crippen LogP contribution in [0.15, 0.2) is 109 Å². The number of hydrogen-bond acceptors (Lipinski definition) is 2. The van der Waals surface area contributed by atoms with Gasteiger partial charge < -0.3 is 5.32 Å². The first-order valence-electron chi connectivity index (χ1n) is 10.9. The van der Waals surface area contributed by atoms with Crippen LogP contribution in [-0.4, -0.2) is 0 Å². The van der Waals surface area contributed by atoms with Crippen molar-refractivity contribution >= 4 is 75.2 Å². The summed E-state index contributed by atoms with van der Waals surface area (Å²) < 4.78 is 2.67. The van der Waals surface area contributed by atoms with Crippen LogP contribution in [0.1, 0.15) is 0 Å². The van der Waals surface area contributed by atoms with Crippen molar-refractivity contribution in [3.05, 3.63) is 109 Å². The van der Waals surface area contributed by atoms with Gasteiger partial charge in [-0.05, 0) is 50.5 Å². The highest BCUT2D eigenvalue weighted by atomic mass is 32.1. The molecule has 0 unspecified atom stereocenters. The third kappa shape index (κ3) is 2.63. The molecule has 1 heterocycles. The Kier molecular flexibility index (Phi) is 3.78. The van der Waals surface area contributed by atoms with Gasteiger partial charge in [0.15, 0.2) is 0 Å². The molecule has 0 aliphatic carbocycles. The van der Waals surface area contributed by atoms with Gasteiger partial charge in [0, 0.05) is 21.2 Å². The average Bonchev–Trinajstić information content (AvgIpc) is 3.25. The Hall–Kier alpha value is -3.88. The summed E-state index contributed by atoms with van der Waals surface area (Å²) in [6.45, 7) is 0. The molecule has 0 aliphatic rings. The second-order valence-electron chi connectivity index (χ2n) is 8.30. The number of rotatable bonds is 2. The van der Waals surface area contributed by atoms with E-state index in [4.69, 9.17) is 0 Å². The summed E-state index contributed by atoms with van der Waals surface area (Å²) in [5.41, 5.74) is 2.28. The molecule has 0 amide bonds. The highest BCUT2D eigenvalue weighted by molar-refractivity contribution is 7.27. The summed E-state index contributed by atoms with van der Waals surface area (Å²) in [6.07, 6.45) is 0. The largest absolute Gasteiger partial charge is 0.354 e. The van der Waals surface area contributed by atoms with Crippen LogP contribution in [0.3, 0.4) is 0 Å². The molecule has 32 heavy (non-hydrogen) atoms. The van der Waals surface area contributed by atoms with E-state index in [0.29, 0.717) is 0 Å². The van der Waals surface area contributed by atoms with Gasteiger partial charge in [0.05, 0.1) is 10.4 Å². The van der Waals surface area contributed by atoms with E-state index < -0.39 is 0 Å². The maximum Gasteiger partial charge on any atom is 0.0597 e. The summed E-state index contributed by atoms with van der Waals surface area (Å²) in [6, 6.07) is 39.4. The van der Waals surface area contributed by atoms with Crippen LogP contribution in [0.4, 0.5) is 11.4 Å². The molecule has 1 aromatic heterocycles. The first-order chi connectivity index (χ1) is 15.8. The van der Waals surface area contributed by atoms with Gasteiger partial charge in [0.25, 0.3) is 0 Å². The highest BCUT2D eigenvalue weighted by Gasteiger charge is 2.15. The van der Waals surface area contributed by atoms with Crippen LogP contribution < -0.4 is 5.32 Å². The first-order valence-corrected chi connectivity index (χ1v) is 11.7. The van der Waals surface area contributed by atoms with Crippen LogP contribution in [0.2, 0.25) is 0 Å². The molecule has 0 saturated carbocycles. The Morgan fingerprint density at radius 3 is 2.03 bits per heavy atom. The molecule has 7 rings (SSSR count). The van der Waals surface area contributed by atoms with E-state index in [0.717, 1.165) is 5.69 Å². The van der Waals surface area contributed by atoms with Crippen LogP contribution in [0.5, 0.6) is 0 Å². The molecule has 0 radical (unpaired) electrons. The molecule has 2 heteroatoms. The Morgan fingerprint density at radius 2 is 1.16 bits per heavy atom. The minimum atomic E-state index is 1.11. The second-order valence-corrected chi connectivity index (χ2v) is 9.32. The summed E-state index contributed by atoms with van der Waals surface area (Å²) in [5, 5.41) is 14.1. The van der Waals surface area contributed by atoms with Crippen molar-refractivity contribution in [3.8, 4) is 0 Å². The van der Waals surface area contributed by atoms with Crippen molar-refractivity contribution in [2.75, 3.05) is 5.32 Å². The van der Waals surface area contributed by atoms with E-state index in [1.807, 2.05) is 11.3 Å². The van der Waals surface area contributed by atoms with E-state index >= 15 is 0 Å². The van der Waals surface area contributed by atoms with Crippen molar-refractivity contribution < 1.29 is 0 Å². The molecule has 0 spiro atoms. The van der Waals surface area contributed by atoms with E-state index in [1.165, 1.54) is 58.2 Å². The van der Waals surface area contributed by atoms with Crippen molar-refractivity contribution in [1.29, 1.82) is 0 Å². The summed E-state index contributed by atoms with van der Waals surface area (Å²) in [4.78, 5) is 0. The zero-order valence-electron chi connectivity index (χ0n) is 17.3. The van der Waals surface area contributed by atoms with Crippen LogP contribution in [0.25, 0.3) is 52.5 Å². The molecule has 0 fully saturated rings. The molecule has 7 aromatic rings. The zero-order valence-corrected chi connectivity index (χ0v) is 18.1. The lowest BCUT2D eigenvalue weighted by Gasteiger charge is -2.11. The fourth-order valence-electron chi connectivity index (χ4n) is 4.87. The quantitative estimate of drug-likeness (QED) is 0.291. The Morgan fingerprint density at radius 1 is 0.469 bits per heavy atom. The van der Waals surface area contributed by atoms with Crippen LogP contribution >= 0.6 is 11.3 Å². The maximum absolute atomic E-state index is 3.75. The van der Waals surface area contributed by atoms with E-state index in [9.17, 15) is 0 Å². The fourth-order valence-corrected chi connectivity index (χ4v) is 6.19. The molecule has 6 aromatic carbocycles. The SMILES string of the molecule is c1ccc2cc(Nc3cc4ccccc4c4c3sc3c5ccccc5ccc34)ccc2c1. The Bertz CT molecular complexity index is 1810. The van der Waals surface area contributed by atoms with Crippen molar-refractivity contribution in [2.24, 2.45) is 0 Å². The van der Waals surface area contributed by atoms with Crippen LogP contribution in [0, 0.1) is 0 Å². The monoisotopic (exact) mass is 425 g/mol. The lowest BCUT2D eigenvalue weighted by Crippen LogP contribution is -1.91. The average molecular weight is 426 g/mol. The first kappa shape index (κ1) is 17.8. The topological polar surface area (TPSA) is 12.0 Å². The zero-order chi connectivity index (χ0) is 21.1. The molecule has 1 nitrogen and oxygen atoms in total. The van der Waals surface area contributed by atoms with Crippen molar-refractivity contribution in [1.82, 2.24) is 0 Å². The summed E-state index contributed by atoms with van der Waals surface area (Å²) >= 11 is 1.89. The van der Waals surface area contributed by atoms with Crippen LogP contribution in [-0.2, 0) is 0 Å². The van der Waals surface area contributed by atoms with Gasteiger partial charge in [-0.1, -0.05) is 91.0 Å². The van der Waals surface area contributed by atoms with Gasteiger partial charge in [-0.3, -0.25) is 0 Å². The number of thiophene rings is 1. The van der Waals surface area contributed by atoms with Crippen molar-refractivity contribution in [2.45, 2.75) is 0 Å². The van der Waals surface area contributed by atoms with Gasteiger partial charge in [0.2, 0.25) is 0 Å². The van der Waals surface area contributed by atoms with Gasteiger partial charge in [-0.2, -0.15) is 0 Å². The van der Waals surface area contributed by atoms with E-state index in [1.54, 1.807) is 0 Å². The molecular formula is C30H19NS. The highest BCUT2D eigenvalue weighted by Crippen LogP contribution is 2.45. The van der Waals surface area contributed by atoms with Gasteiger partial charge in [-0.25, -0.2) is 0 Å². The van der Waals surface area contributed by atoms with E-state index in [-0.39, 0.29) is 0 Å². The second kappa shape index (κ2) is 6.81. The number of nitrogens with one attached hydrogen (secondary N) is 1. The minimum absolute atomic E-state index is 1.11. The standard InChI is InChI=1S/C30H19NS/c1-2-9-21-17-23(15-13-19(21)7-1)31-27-18-22-10-4-5-11-24(22)28-26-16-14-20-8-3-6-12-25(20)29(26)32-30(27)28/h1-18,31H. The molecule has 0 atom stereocenters. The summed E-state index contributed by atoms with van der Waals surface area (Å²) in [5.74, 6) is 0.